The highest BCUT2D eigenvalue weighted by atomic mass is 16.5. The SMILES string of the molecule is CCC(CC)C(=O)c1cc(OC)c(OC)cc1C. The van der Waals surface area contributed by atoms with Crippen molar-refractivity contribution in [2.45, 2.75) is 33.6 Å². The third kappa shape index (κ3) is 2.84. The van der Waals surface area contributed by atoms with Crippen LogP contribution in [0.3, 0.4) is 0 Å². The lowest BCUT2D eigenvalue weighted by Crippen LogP contribution is -2.14. The van der Waals surface area contributed by atoms with Crippen LogP contribution >= 0.6 is 0 Å². The summed E-state index contributed by atoms with van der Waals surface area (Å²) in [4.78, 5) is 12.4. The van der Waals surface area contributed by atoms with E-state index < -0.39 is 0 Å². The lowest BCUT2D eigenvalue weighted by Gasteiger charge is -2.16. The molecular formula is C15H22O3. The van der Waals surface area contributed by atoms with Crippen LogP contribution < -0.4 is 9.47 Å². The van der Waals surface area contributed by atoms with Crippen molar-refractivity contribution in [1.82, 2.24) is 0 Å². The van der Waals surface area contributed by atoms with Crippen LogP contribution in [0.2, 0.25) is 0 Å². The summed E-state index contributed by atoms with van der Waals surface area (Å²) >= 11 is 0. The van der Waals surface area contributed by atoms with E-state index in [0.717, 1.165) is 24.0 Å². The van der Waals surface area contributed by atoms with Crippen molar-refractivity contribution in [2.24, 2.45) is 5.92 Å². The van der Waals surface area contributed by atoms with Crippen LogP contribution in [-0.4, -0.2) is 20.0 Å². The molecule has 0 unspecified atom stereocenters. The van der Waals surface area contributed by atoms with Crippen molar-refractivity contribution in [1.29, 1.82) is 0 Å². The second-order valence-electron chi connectivity index (χ2n) is 4.40. The predicted octanol–water partition coefficient (Wildman–Crippen LogP) is 3.63. The molecule has 0 saturated heterocycles. The number of carbonyl (C=O) groups is 1. The van der Waals surface area contributed by atoms with Crippen molar-refractivity contribution in [3.63, 3.8) is 0 Å². The Morgan fingerprint density at radius 3 is 2.06 bits per heavy atom. The molecule has 0 aliphatic rings. The molecule has 0 saturated carbocycles. The normalized spacial score (nSPS) is 10.6. The standard InChI is InChI=1S/C15H22O3/c1-6-11(7-2)15(16)12-9-14(18-5)13(17-4)8-10(12)3/h8-9,11H,6-7H2,1-5H3. The van der Waals surface area contributed by atoms with E-state index in [2.05, 4.69) is 0 Å². The number of ether oxygens (including phenoxy) is 2. The van der Waals surface area contributed by atoms with Gasteiger partial charge in [-0.2, -0.15) is 0 Å². The molecule has 18 heavy (non-hydrogen) atoms. The highest BCUT2D eigenvalue weighted by Crippen LogP contribution is 2.32. The van der Waals surface area contributed by atoms with Crippen molar-refractivity contribution in [2.75, 3.05) is 14.2 Å². The molecule has 1 aromatic rings. The Kier molecular flexibility index (Phi) is 5.20. The first-order chi connectivity index (χ1) is 8.58. The fraction of sp³-hybridized carbons (Fsp3) is 0.533. The summed E-state index contributed by atoms with van der Waals surface area (Å²) < 4.78 is 10.5. The molecule has 0 radical (unpaired) electrons. The molecule has 100 valence electrons. The molecular weight excluding hydrogens is 228 g/mol. The molecule has 0 aliphatic carbocycles. The van der Waals surface area contributed by atoms with Crippen molar-refractivity contribution in [3.8, 4) is 11.5 Å². The van der Waals surface area contributed by atoms with Gasteiger partial charge >= 0.3 is 0 Å². The fourth-order valence-electron chi connectivity index (χ4n) is 2.13. The molecule has 0 aromatic heterocycles. The van der Waals surface area contributed by atoms with Gasteiger partial charge in [0.1, 0.15) is 0 Å². The highest BCUT2D eigenvalue weighted by Gasteiger charge is 2.20. The van der Waals surface area contributed by atoms with Gasteiger partial charge in [0.25, 0.3) is 0 Å². The van der Waals surface area contributed by atoms with Gasteiger partial charge in [0.05, 0.1) is 14.2 Å². The largest absolute Gasteiger partial charge is 0.493 e. The van der Waals surface area contributed by atoms with Crippen LogP contribution in [0.15, 0.2) is 12.1 Å². The first-order valence-electron chi connectivity index (χ1n) is 6.35. The van der Waals surface area contributed by atoms with Crippen LogP contribution in [0.5, 0.6) is 11.5 Å². The van der Waals surface area contributed by atoms with Gasteiger partial charge in [-0.15, -0.1) is 0 Å². The predicted molar refractivity (Wildman–Crippen MR) is 72.7 cm³/mol. The van der Waals surface area contributed by atoms with E-state index in [-0.39, 0.29) is 11.7 Å². The molecule has 0 atom stereocenters. The molecule has 0 aliphatic heterocycles. The number of Topliss-reactive ketones (excluding diaryl/α,β-unsaturated/α-hetero) is 1. The number of benzene rings is 1. The van der Waals surface area contributed by atoms with Crippen LogP contribution in [0.1, 0.15) is 42.6 Å². The summed E-state index contributed by atoms with van der Waals surface area (Å²) in [5, 5.41) is 0. The average molecular weight is 250 g/mol. The summed E-state index contributed by atoms with van der Waals surface area (Å²) in [7, 11) is 3.18. The maximum absolute atomic E-state index is 12.4. The Hall–Kier alpha value is -1.51. The molecule has 0 heterocycles. The minimum absolute atomic E-state index is 0.0850. The van der Waals surface area contributed by atoms with Crippen LogP contribution in [0.4, 0.5) is 0 Å². The minimum atomic E-state index is 0.0850. The highest BCUT2D eigenvalue weighted by molar-refractivity contribution is 5.99. The molecule has 0 fully saturated rings. The number of hydrogen-bond acceptors (Lipinski definition) is 3. The maximum Gasteiger partial charge on any atom is 0.166 e. The first kappa shape index (κ1) is 14.6. The van der Waals surface area contributed by atoms with Gasteiger partial charge in [0.15, 0.2) is 17.3 Å². The molecule has 1 rings (SSSR count). The van der Waals surface area contributed by atoms with E-state index in [1.807, 2.05) is 26.8 Å². The Labute approximate surface area is 109 Å². The van der Waals surface area contributed by atoms with Crippen molar-refractivity contribution < 1.29 is 14.3 Å². The Morgan fingerprint density at radius 2 is 1.61 bits per heavy atom. The lowest BCUT2D eigenvalue weighted by atomic mass is 9.90. The maximum atomic E-state index is 12.4. The Morgan fingerprint density at radius 1 is 1.11 bits per heavy atom. The summed E-state index contributed by atoms with van der Waals surface area (Å²) in [6.45, 7) is 6.02. The van der Waals surface area contributed by atoms with Gasteiger partial charge in [-0.3, -0.25) is 4.79 Å². The summed E-state index contributed by atoms with van der Waals surface area (Å²) in [5.74, 6) is 1.55. The van der Waals surface area contributed by atoms with Crippen LogP contribution in [0.25, 0.3) is 0 Å². The number of hydrogen-bond donors (Lipinski definition) is 0. The second-order valence-corrected chi connectivity index (χ2v) is 4.40. The summed E-state index contributed by atoms with van der Waals surface area (Å²) in [5.41, 5.74) is 1.67. The number of aryl methyl sites for hydroxylation is 1. The first-order valence-corrected chi connectivity index (χ1v) is 6.35. The summed E-state index contributed by atoms with van der Waals surface area (Å²) in [6, 6.07) is 3.64. The topological polar surface area (TPSA) is 35.5 Å². The van der Waals surface area contributed by atoms with Gasteiger partial charge in [-0.25, -0.2) is 0 Å². The molecule has 1 aromatic carbocycles. The monoisotopic (exact) mass is 250 g/mol. The quantitative estimate of drug-likeness (QED) is 0.723. The van der Waals surface area contributed by atoms with E-state index in [1.54, 1.807) is 20.3 Å². The number of rotatable bonds is 6. The zero-order valence-corrected chi connectivity index (χ0v) is 11.9. The summed E-state index contributed by atoms with van der Waals surface area (Å²) in [6.07, 6.45) is 1.73. The molecule has 3 nitrogen and oxygen atoms in total. The smallest absolute Gasteiger partial charge is 0.166 e. The van der Waals surface area contributed by atoms with Gasteiger partial charge in [-0.1, -0.05) is 13.8 Å². The van der Waals surface area contributed by atoms with E-state index in [0.29, 0.717) is 11.5 Å². The molecule has 0 spiro atoms. The number of methoxy groups -OCH3 is 2. The van der Waals surface area contributed by atoms with Gasteiger partial charge in [-0.05, 0) is 37.5 Å². The second kappa shape index (κ2) is 6.43. The van der Waals surface area contributed by atoms with Crippen molar-refractivity contribution >= 4 is 5.78 Å². The Bertz CT molecular complexity index is 420. The van der Waals surface area contributed by atoms with Gasteiger partial charge < -0.3 is 9.47 Å². The Balaban J connectivity index is 3.20. The van der Waals surface area contributed by atoms with E-state index >= 15 is 0 Å². The van der Waals surface area contributed by atoms with E-state index in [1.165, 1.54) is 0 Å². The number of ketones is 1. The van der Waals surface area contributed by atoms with Crippen LogP contribution in [-0.2, 0) is 0 Å². The molecule has 0 amide bonds. The van der Waals surface area contributed by atoms with Crippen molar-refractivity contribution in [3.05, 3.63) is 23.3 Å². The third-order valence-corrected chi connectivity index (χ3v) is 3.35. The van der Waals surface area contributed by atoms with Gasteiger partial charge in [0, 0.05) is 11.5 Å². The third-order valence-electron chi connectivity index (χ3n) is 3.35. The fourth-order valence-corrected chi connectivity index (χ4v) is 2.13. The van der Waals surface area contributed by atoms with E-state index in [4.69, 9.17) is 9.47 Å². The average Bonchev–Trinajstić information content (AvgIpc) is 2.39. The molecule has 0 bridgehead atoms. The van der Waals surface area contributed by atoms with Gasteiger partial charge in [0.2, 0.25) is 0 Å². The van der Waals surface area contributed by atoms with E-state index in [9.17, 15) is 4.79 Å². The zero-order chi connectivity index (χ0) is 13.7. The molecule has 3 heteroatoms. The van der Waals surface area contributed by atoms with Crippen LogP contribution in [0, 0.1) is 12.8 Å². The lowest BCUT2D eigenvalue weighted by molar-refractivity contribution is 0.0912. The number of carbonyl (C=O) groups excluding carboxylic acids is 1. The minimum Gasteiger partial charge on any atom is -0.493 e. The zero-order valence-electron chi connectivity index (χ0n) is 11.9. The molecule has 0 N–H and O–H groups in total.